The van der Waals surface area contributed by atoms with Crippen LogP contribution in [0.2, 0.25) is 5.02 Å². The molecule has 1 saturated heterocycles. The molecular formula is C20H23ClN4O2. The number of piperazine rings is 1. The lowest BCUT2D eigenvalue weighted by Crippen LogP contribution is -2.49. The average molecular weight is 387 g/mol. The highest BCUT2D eigenvalue weighted by molar-refractivity contribution is 6.34. The number of carbonyl (C=O) groups excluding carboxylic acids is 2. The number of carbonyl (C=O) groups is 2. The molecule has 27 heavy (non-hydrogen) atoms. The van der Waals surface area contributed by atoms with Gasteiger partial charge in [-0.1, -0.05) is 23.7 Å². The molecule has 1 aliphatic heterocycles. The Morgan fingerprint density at radius 2 is 1.89 bits per heavy atom. The van der Waals surface area contributed by atoms with E-state index in [2.05, 4.69) is 15.2 Å². The number of aryl methyl sites for hydroxylation is 2. The van der Waals surface area contributed by atoms with Gasteiger partial charge in [-0.3, -0.25) is 9.59 Å². The molecule has 1 N–H and O–H groups in total. The predicted molar refractivity (Wildman–Crippen MR) is 107 cm³/mol. The molecule has 0 spiro atoms. The number of halogens is 1. The fourth-order valence-corrected chi connectivity index (χ4v) is 3.60. The quantitative estimate of drug-likeness (QED) is 0.820. The minimum absolute atomic E-state index is 0.172. The van der Waals surface area contributed by atoms with Crippen LogP contribution in [0.25, 0.3) is 0 Å². The van der Waals surface area contributed by atoms with Crippen molar-refractivity contribution in [3.63, 3.8) is 0 Å². The van der Waals surface area contributed by atoms with Crippen LogP contribution in [-0.2, 0) is 9.59 Å². The van der Waals surface area contributed by atoms with Crippen LogP contribution < -0.4 is 10.2 Å². The lowest BCUT2D eigenvalue weighted by Gasteiger charge is -2.35. The molecule has 0 radical (unpaired) electrons. The normalized spacial score (nSPS) is 14.2. The maximum atomic E-state index is 12.5. The third-order valence-corrected chi connectivity index (χ3v) is 4.91. The fraction of sp³-hybridized carbons (Fsp3) is 0.350. The first kappa shape index (κ1) is 19.2. The zero-order chi connectivity index (χ0) is 19.4. The van der Waals surface area contributed by atoms with Crippen molar-refractivity contribution in [1.29, 1.82) is 0 Å². The van der Waals surface area contributed by atoms with Crippen LogP contribution in [-0.4, -0.2) is 47.9 Å². The highest BCUT2D eigenvalue weighted by Crippen LogP contribution is 2.27. The largest absolute Gasteiger partial charge is 0.353 e. The Morgan fingerprint density at radius 1 is 1.15 bits per heavy atom. The second-order valence-corrected chi connectivity index (χ2v) is 7.13. The van der Waals surface area contributed by atoms with Gasteiger partial charge in [-0.05, 0) is 43.2 Å². The third kappa shape index (κ3) is 4.77. The highest BCUT2D eigenvalue weighted by Gasteiger charge is 2.23. The van der Waals surface area contributed by atoms with Crippen LogP contribution in [0.5, 0.6) is 0 Å². The summed E-state index contributed by atoms with van der Waals surface area (Å²) in [6.07, 6.45) is 1.57. The molecule has 0 atom stereocenters. The maximum absolute atomic E-state index is 12.5. The first-order valence-electron chi connectivity index (χ1n) is 8.94. The number of nitrogens with zero attached hydrogens (tertiary/aromatic N) is 3. The molecule has 142 valence electrons. The molecule has 2 aromatic rings. The van der Waals surface area contributed by atoms with Gasteiger partial charge >= 0.3 is 0 Å². The Balaban J connectivity index is 1.53. The van der Waals surface area contributed by atoms with Gasteiger partial charge in [0.05, 0.1) is 10.7 Å². The third-order valence-electron chi connectivity index (χ3n) is 4.61. The molecule has 7 heteroatoms. The molecule has 1 fully saturated rings. The molecule has 0 unspecified atom stereocenters. The monoisotopic (exact) mass is 386 g/mol. The number of pyridine rings is 1. The topological polar surface area (TPSA) is 65.5 Å². The summed E-state index contributed by atoms with van der Waals surface area (Å²) in [5, 5.41) is 3.26. The Morgan fingerprint density at radius 3 is 2.52 bits per heavy atom. The summed E-state index contributed by atoms with van der Waals surface area (Å²) < 4.78 is 0. The number of benzene rings is 1. The summed E-state index contributed by atoms with van der Waals surface area (Å²) in [6.45, 7) is 6.38. The van der Waals surface area contributed by atoms with Crippen molar-refractivity contribution < 1.29 is 9.59 Å². The van der Waals surface area contributed by atoms with Gasteiger partial charge in [0, 0.05) is 32.4 Å². The van der Waals surface area contributed by atoms with Crippen LogP contribution in [0.3, 0.4) is 0 Å². The Bertz CT molecular complexity index is 810. The number of anilines is 2. The van der Waals surface area contributed by atoms with E-state index < -0.39 is 0 Å². The van der Waals surface area contributed by atoms with E-state index in [9.17, 15) is 9.59 Å². The number of rotatable bonds is 4. The van der Waals surface area contributed by atoms with E-state index in [1.807, 2.05) is 38.1 Å². The molecule has 6 nitrogen and oxygen atoms in total. The van der Waals surface area contributed by atoms with Crippen molar-refractivity contribution in [3.8, 4) is 0 Å². The van der Waals surface area contributed by atoms with Gasteiger partial charge in [0.15, 0.2) is 0 Å². The van der Waals surface area contributed by atoms with E-state index >= 15 is 0 Å². The number of amides is 2. The molecule has 0 aliphatic carbocycles. The van der Waals surface area contributed by atoms with Crippen LogP contribution >= 0.6 is 11.6 Å². The zero-order valence-electron chi connectivity index (χ0n) is 15.5. The van der Waals surface area contributed by atoms with Crippen molar-refractivity contribution >= 4 is 34.9 Å². The predicted octanol–water partition coefficient (Wildman–Crippen LogP) is 3.03. The first-order chi connectivity index (χ1) is 12.9. The first-order valence-corrected chi connectivity index (χ1v) is 9.32. The molecule has 0 saturated carbocycles. The van der Waals surface area contributed by atoms with Gasteiger partial charge in [-0.25, -0.2) is 4.98 Å². The maximum Gasteiger partial charge on any atom is 0.233 e. The standard InChI is InChI=1S/C20H23ClN4O2/c1-14-11-15(2)20(16(21)12-14)23-18(26)13-19(27)25-9-7-24(8-10-25)17-5-3-4-6-22-17/h3-6,11-12H,7-10,13H2,1-2H3,(H,23,26). The van der Waals surface area contributed by atoms with Crippen molar-refractivity contribution in [2.45, 2.75) is 20.3 Å². The SMILES string of the molecule is Cc1cc(C)c(NC(=O)CC(=O)N2CCN(c3ccccn3)CC2)c(Cl)c1. The van der Waals surface area contributed by atoms with Gasteiger partial charge in [-0.15, -0.1) is 0 Å². The molecule has 1 aromatic heterocycles. The summed E-state index contributed by atoms with van der Waals surface area (Å²) >= 11 is 6.22. The van der Waals surface area contributed by atoms with Gasteiger partial charge in [0.2, 0.25) is 11.8 Å². The van der Waals surface area contributed by atoms with Gasteiger partial charge in [0.1, 0.15) is 12.2 Å². The van der Waals surface area contributed by atoms with Crippen LogP contribution in [0.1, 0.15) is 17.5 Å². The lowest BCUT2D eigenvalue weighted by atomic mass is 10.1. The number of nitrogens with one attached hydrogen (secondary N) is 1. The summed E-state index contributed by atoms with van der Waals surface area (Å²) in [4.78, 5) is 33.0. The van der Waals surface area contributed by atoms with Crippen LogP contribution in [0.15, 0.2) is 36.5 Å². The van der Waals surface area contributed by atoms with Crippen LogP contribution in [0.4, 0.5) is 11.5 Å². The number of hydrogen-bond acceptors (Lipinski definition) is 4. The molecule has 1 aromatic carbocycles. The number of hydrogen-bond donors (Lipinski definition) is 1. The van der Waals surface area contributed by atoms with Crippen molar-refractivity contribution in [3.05, 3.63) is 52.7 Å². The molecule has 1 aliphatic rings. The Hall–Kier alpha value is -2.60. The average Bonchev–Trinajstić information content (AvgIpc) is 2.65. The summed E-state index contributed by atoms with van der Waals surface area (Å²) in [7, 11) is 0. The Labute approximate surface area is 164 Å². The zero-order valence-corrected chi connectivity index (χ0v) is 16.3. The minimum Gasteiger partial charge on any atom is -0.353 e. The van der Waals surface area contributed by atoms with Gasteiger partial charge in [-0.2, -0.15) is 0 Å². The van der Waals surface area contributed by atoms with Crippen molar-refractivity contribution in [2.75, 3.05) is 36.4 Å². The summed E-state index contributed by atoms with van der Waals surface area (Å²) in [5.74, 6) is 0.391. The lowest BCUT2D eigenvalue weighted by molar-refractivity contribution is -0.134. The van der Waals surface area contributed by atoms with Gasteiger partial charge in [0.25, 0.3) is 0 Å². The molecule has 0 bridgehead atoms. The molecule has 3 rings (SSSR count). The van der Waals surface area contributed by atoms with E-state index in [4.69, 9.17) is 11.6 Å². The van der Waals surface area contributed by atoms with Crippen molar-refractivity contribution in [2.24, 2.45) is 0 Å². The van der Waals surface area contributed by atoms with Crippen LogP contribution in [0, 0.1) is 13.8 Å². The Kier molecular flexibility index (Phi) is 5.96. The second kappa shape index (κ2) is 8.39. The number of aromatic nitrogens is 1. The summed E-state index contributed by atoms with van der Waals surface area (Å²) in [6, 6.07) is 9.52. The molecule has 2 amide bonds. The van der Waals surface area contributed by atoms with E-state index in [0.717, 1.165) is 16.9 Å². The van der Waals surface area contributed by atoms with Gasteiger partial charge < -0.3 is 15.1 Å². The molecular weight excluding hydrogens is 364 g/mol. The minimum atomic E-state index is -0.346. The van der Waals surface area contributed by atoms with E-state index in [-0.39, 0.29) is 18.2 Å². The van der Waals surface area contributed by atoms with E-state index in [1.165, 1.54) is 0 Å². The second-order valence-electron chi connectivity index (χ2n) is 6.72. The van der Waals surface area contributed by atoms with E-state index in [0.29, 0.717) is 36.9 Å². The summed E-state index contributed by atoms with van der Waals surface area (Å²) in [5.41, 5.74) is 2.47. The van der Waals surface area contributed by atoms with E-state index in [1.54, 1.807) is 17.2 Å². The smallest absolute Gasteiger partial charge is 0.233 e. The molecule has 2 heterocycles. The fourth-order valence-electron chi connectivity index (χ4n) is 3.23. The highest BCUT2D eigenvalue weighted by atomic mass is 35.5. The van der Waals surface area contributed by atoms with Crippen molar-refractivity contribution in [1.82, 2.24) is 9.88 Å².